The topological polar surface area (TPSA) is 38.3 Å². The quantitative estimate of drug-likeness (QED) is 0.731. The van der Waals surface area contributed by atoms with E-state index in [1.54, 1.807) is 7.11 Å². The molecule has 0 fully saturated rings. The summed E-state index contributed by atoms with van der Waals surface area (Å²) in [5.74, 6) is 0.607. The monoisotopic (exact) mass is 231 g/mol. The Morgan fingerprint density at radius 1 is 1.44 bits per heavy atom. The molecule has 2 unspecified atom stereocenters. The Bertz CT molecular complexity index is 221. The standard InChI is InChI=1S/C13H27NO2.H2/c1-7-11(4)13(5,8-9-16-6)14-12(15)10(2)3;/h10-11H,7-9H2,1-6H3,(H,14,15);1H. The summed E-state index contributed by atoms with van der Waals surface area (Å²) in [6, 6.07) is 0. The lowest BCUT2D eigenvalue weighted by Gasteiger charge is -2.37. The zero-order valence-corrected chi connectivity index (χ0v) is 11.6. The van der Waals surface area contributed by atoms with Gasteiger partial charge in [-0.15, -0.1) is 0 Å². The Hall–Kier alpha value is -0.570. The number of rotatable bonds is 7. The van der Waals surface area contributed by atoms with Gasteiger partial charge < -0.3 is 10.1 Å². The average Bonchev–Trinajstić information content (AvgIpc) is 2.24. The van der Waals surface area contributed by atoms with Crippen LogP contribution in [0.1, 0.15) is 48.9 Å². The van der Waals surface area contributed by atoms with E-state index >= 15 is 0 Å². The van der Waals surface area contributed by atoms with Crippen molar-refractivity contribution in [2.45, 2.75) is 53.0 Å². The molecule has 98 valence electrons. The fraction of sp³-hybridized carbons (Fsp3) is 0.923. The van der Waals surface area contributed by atoms with Crippen LogP contribution in [-0.4, -0.2) is 25.2 Å². The highest BCUT2D eigenvalue weighted by Gasteiger charge is 2.31. The van der Waals surface area contributed by atoms with Crippen molar-refractivity contribution in [3.05, 3.63) is 0 Å². The van der Waals surface area contributed by atoms with E-state index < -0.39 is 0 Å². The molecule has 0 aromatic heterocycles. The van der Waals surface area contributed by atoms with Crippen LogP contribution < -0.4 is 5.32 Å². The molecular weight excluding hydrogens is 202 g/mol. The summed E-state index contributed by atoms with van der Waals surface area (Å²) in [6.07, 6.45) is 1.91. The van der Waals surface area contributed by atoms with Crippen molar-refractivity contribution in [2.24, 2.45) is 11.8 Å². The van der Waals surface area contributed by atoms with Gasteiger partial charge in [-0.2, -0.15) is 0 Å². The predicted octanol–water partition coefficient (Wildman–Crippen LogP) is 2.85. The maximum atomic E-state index is 11.8. The van der Waals surface area contributed by atoms with Crippen molar-refractivity contribution in [3.63, 3.8) is 0 Å². The summed E-state index contributed by atoms with van der Waals surface area (Å²) in [5.41, 5.74) is -0.161. The highest BCUT2D eigenvalue weighted by Crippen LogP contribution is 2.24. The Morgan fingerprint density at radius 2 is 2.00 bits per heavy atom. The first kappa shape index (κ1) is 15.4. The first-order chi connectivity index (χ1) is 7.37. The molecule has 0 heterocycles. The molecule has 0 saturated heterocycles. The van der Waals surface area contributed by atoms with E-state index in [0.29, 0.717) is 12.5 Å². The second-order valence-corrected chi connectivity index (χ2v) is 5.11. The lowest BCUT2D eigenvalue weighted by Crippen LogP contribution is -2.52. The Balaban J connectivity index is 0. The van der Waals surface area contributed by atoms with Gasteiger partial charge in [-0.3, -0.25) is 4.79 Å². The van der Waals surface area contributed by atoms with Crippen molar-refractivity contribution in [1.29, 1.82) is 0 Å². The summed E-state index contributed by atoms with van der Waals surface area (Å²) < 4.78 is 5.12. The molecule has 0 aromatic rings. The molecule has 0 radical (unpaired) electrons. The van der Waals surface area contributed by atoms with Crippen LogP contribution in [0.15, 0.2) is 0 Å². The van der Waals surface area contributed by atoms with E-state index in [9.17, 15) is 4.79 Å². The van der Waals surface area contributed by atoms with Crippen LogP contribution in [0, 0.1) is 11.8 Å². The largest absolute Gasteiger partial charge is 0.385 e. The van der Waals surface area contributed by atoms with Crippen molar-refractivity contribution >= 4 is 5.91 Å². The number of ether oxygens (including phenoxy) is 1. The summed E-state index contributed by atoms with van der Waals surface area (Å²) in [5, 5.41) is 3.16. The van der Waals surface area contributed by atoms with E-state index in [1.165, 1.54) is 0 Å². The minimum absolute atomic E-state index is 0. The molecule has 3 heteroatoms. The molecule has 0 spiro atoms. The van der Waals surface area contributed by atoms with Gasteiger partial charge in [0, 0.05) is 26.6 Å². The first-order valence-corrected chi connectivity index (χ1v) is 6.18. The zero-order valence-electron chi connectivity index (χ0n) is 11.6. The van der Waals surface area contributed by atoms with E-state index in [-0.39, 0.29) is 18.8 Å². The van der Waals surface area contributed by atoms with Crippen LogP contribution in [0.4, 0.5) is 0 Å². The molecule has 1 N–H and O–H groups in total. The second kappa shape index (κ2) is 6.89. The number of methoxy groups -OCH3 is 1. The molecule has 0 aromatic carbocycles. The molecule has 3 nitrogen and oxygen atoms in total. The van der Waals surface area contributed by atoms with Gasteiger partial charge in [0.25, 0.3) is 0 Å². The Labute approximate surface area is 101 Å². The van der Waals surface area contributed by atoms with E-state index in [4.69, 9.17) is 4.74 Å². The number of nitrogens with one attached hydrogen (secondary N) is 1. The molecule has 0 aliphatic rings. The third-order valence-corrected chi connectivity index (χ3v) is 3.46. The molecule has 2 atom stereocenters. The molecule has 0 rings (SSSR count). The third kappa shape index (κ3) is 4.52. The van der Waals surface area contributed by atoms with Crippen LogP contribution in [0.25, 0.3) is 0 Å². The maximum absolute atomic E-state index is 11.8. The SMILES string of the molecule is CCC(C)C(C)(CCOC)NC(=O)C(C)C.[HH]. The molecule has 16 heavy (non-hydrogen) atoms. The van der Waals surface area contributed by atoms with Crippen molar-refractivity contribution in [3.8, 4) is 0 Å². The number of hydrogen-bond donors (Lipinski definition) is 1. The lowest BCUT2D eigenvalue weighted by atomic mass is 9.82. The van der Waals surface area contributed by atoms with Crippen molar-refractivity contribution < 1.29 is 11.0 Å². The van der Waals surface area contributed by atoms with E-state index in [0.717, 1.165) is 12.8 Å². The van der Waals surface area contributed by atoms with Crippen LogP contribution in [0.2, 0.25) is 0 Å². The van der Waals surface area contributed by atoms with Gasteiger partial charge in [0.1, 0.15) is 0 Å². The Kier molecular flexibility index (Phi) is 6.65. The van der Waals surface area contributed by atoms with Crippen molar-refractivity contribution in [2.75, 3.05) is 13.7 Å². The van der Waals surface area contributed by atoms with Crippen LogP contribution in [-0.2, 0) is 9.53 Å². The molecular formula is C13H29NO2. The Morgan fingerprint density at radius 3 is 2.38 bits per heavy atom. The van der Waals surface area contributed by atoms with E-state index in [2.05, 4.69) is 26.1 Å². The minimum atomic E-state index is -0.161. The van der Waals surface area contributed by atoms with Gasteiger partial charge in [-0.25, -0.2) is 0 Å². The fourth-order valence-corrected chi connectivity index (χ4v) is 1.62. The molecule has 0 saturated carbocycles. The average molecular weight is 231 g/mol. The molecule has 1 amide bonds. The zero-order chi connectivity index (χ0) is 12.8. The third-order valence-electron chi connectivity index (χ3n) is 3.46. The normalized spacial score (nSPS) is 16.9. The summed E-state index contributed by atoms with van der Waals surface area (Å²) in [7, 11) is 1.70. The number of carbonyl (C=O) groups excluding carboxylic acids is 1. The minimum Gasteiger partial charge on any atom is -0.385 e. The summed E-state index contributed by atoms with van der Waals surface area (Å²) >= 11 is 0. The van der Waals surface area contributed by atoms with Gasteiger partial charge in [-0.05, 0) is 19.3 Å². The first-order valence-electron chi connectivity index (χ1n) is 6.18. The van der Waals surface area contributed by atoms with Crippen LogP contribution >= 0.6 is 0 Å². The number of amides is 1. The van der Waals surface area contributed by atoms with Gasteiger partial charge >= 0.3 is 0 Å². The second-order valence-electron chi connectivity index (χ2n) is 5.11. The van der Waals surface area contributed by atoms with Crippen LogP contribution in [0.3, 0.4) is 0 Å². The van der Waals surface area contributed by atoms with Gasteiger partial charge in [-0.1, -0.05) is 34.1 Å². The fourth-order valence-electron chi connectivity index (χ4n) is 1.62. The summed E-state index contributed by atoms with van der Waals surface area (Å²) in [4.78, 5) is 11.8. The van der Waals surface area contributed by atoms with Crippen molar-refractivity contribution in [1.82, 2.24) is 5.32 Å². The van der Waals surface area contributed by atoms with Gasteiger partial charge in [0.05, 0.1) is 0 Å². The number of carbonyl (C=O) groups is 1. The highest BCUT2D eigenvalue weighted by atomic mass is 16.5. The van der Waals surface area contributed by atoms with Gasteiger partial charge in [0.2, 0.25) is 5.91 Å². The van der Waals surface area contributed by atoms with Gasteiger partial charge in [0.15, 0.2) is 0 Å². The smallest absolute Gasteiger partial charge is 0.222 e. The highest BCUT2D eigenvalue weighted by molar-refractivity contribution is 5.78. The van der Waals surface area contributed by atoms with Crippen LogP contribution in [0.5, 0.6) is 0 Å². The molecule has 0 aliphatic heterocycles. The predicted molar refractivity (Wildman–Crippen MR) is 69.4 cm³/mol. The summed E-state index contributed by atoms with van der Waals surface area (Å²) in [6.45, 7) is 11.0. The maximum Gasteiger partial charge on any atom is 0.222 e. The lowest BCUT2D eigenvalue weighted by molar-refractivity contribution is -0.126. The number of hydrogen-bond acceptors (Lipinski definition) is 2. The van der Waals surface area contributed by atoms with E-state index in [1.807, 2.05) is 13.8 Å². The molecule has 0 bridgehead atoms. The molecule has 0 aliphatic carbocycles.